The summed E-state index contributed by atoms with van der Waals surface area (Å²) in [5.74, 6) is 0.103. The number of hydrogen-bond donors (Lipinski definition) is 3. The highest BCUT2D eigenvalue weighted by Gasteiger charge is 2.38. The lowest BCUT2D eigenvalue weighted by molar-refractivity contribution is 0.00421. The summed E-state index contributed by atoms with van der Waals surface area (Å²) in [5.41, 5.74) is 1.91. The molecular weight excluding hydrogens is 316 g/mol. The second-order valence-corrected chi connectivity index (χ2v) is 7.84. The fourth-order valence-corrected chi connectivity index (χ4v) is 3.89. The topological polar surface area (TPSA) is 92.2 Å². The van der Waals surface area contributed by atoms with Gasteiger partial charge in [0.1, 0.15) is 11.5 Å². The van der Waals surface area contributed by atoms with Crippen LogP contribution in [0.2, 0.25) is 0 Å². The minimum Gasteiger partial charge on any atom is -0.507 e. The summed E-state index contributed by atoms with van der Waals surface area (Å²) >= 11 is 0. The van der Waals surface area contributed by atoms with Crippen LogP contribution < -0.4 is 0 Å². The number of benzene rings is 1. The first-order valence-electron chi connectivity index (χ1n) is 9.18. The molecule has 0 bridgehead atoms. The van der Waals surface area contributed by atoms with Gasteiger partial charge in [0.2, 0.25) is 0 Å². The Morgan fingerprint density at radius 2 is 1.72 bits per heavy atom. The van der Waals surface area contributed by atoms with Crippen molar-refractivity contribution in [2.24, 2.45) is 5.92 Å². The summed E-state index contributed by atoms with van der Waals surface area (Å²) in [5, 5.41) is 31.7. The summed E-state index contributed by atoms with van der Waals surface area (Å²) in [6, 6.07) is 3.56. The average Bonchev–Trinajstić information content (AvgIpc) is 2.45. The fourth-order valence-electron chi connectivity index (χ4n) is 3.89. The molecule has 0 amide bonds. The molecule has 0 unspecified atom stereocenters. The zero-order valence-corrected chi connectivity index (χ0v) is 16.0. The zero-order valence-electron chi connectivity index (χ0n) is 16.0. The van der Waals surface area contributed by atoms with Crippen molar-refractivity contribution in [2.45, 2.75) is 77.7 Å². The van der Waals surface area contributed by atoms with Gasteiger partial charge in [-0.15, -0.1) is 0 Å². The quantitative estimate of drug-likeness (QED) is 0.530. The highest BCUT2D eigenvalue weighted by Crippen LogP contribution is 2.47. The third kappa shape index (κ3) is 5.23. The first-order chi connectivity index (χ1) is 11.2. The summed E-state index contributed by atoms with van der Waals surface area (Å²) in [6.45, 7) is 7.85. The smallest absolute Gasteiger partial charge is 0.123 e. The van der Waals surface area contributed by atoms with E-state index in [1.54, 1.807) is 12.1 Å². The molecule has 1 aliphatic rings. The van der Waals surface area contributed by atoms with Crippen LogP contribution in [0.4, 0.5) is 0 Å². The van der Waals surface area contributed by atoms with E-state index in [9.17, 15) is 15.3 Å². The monoisotopic (exact) mass is 350 g/mol. The van der Waals surface area contributed by atoms with E-state index in [0.29, 0.717) is 5.56 Å². The molecule has 25 heavy (non-hydrogen) atoms. The van der Waals surface area contributed by atoms with Crippen LogP contribution in [-0.2, 0) is 6.42 Å². The second-order valence-electron chi connectivity index (χ2n) is 7.84. The van der Waals surface area contributed by atoms with Gasteiger partial charge >= 0.3 is 0 Å². The Bertz CT molecular complexity index is 575. The van der Waals surface area contributed by atoms with E-state index in [1.807, 2.05) is 13.8 Å². The van der Waals surface area contributed by atoms with Crippen molar-refractivity contribution in [3.8, 4) is 11.5 Å². The highest BCUT2D eigenvalue weighted by molar-refractivity contribution is 5.51. The number of allylic oxidation sites excluding steroid dienone is 2. The van der Waals surface area contributed by atoms with Crippen molar-refractivity contribution in [3.63, 3.8) is 0 Å². The van der Waals surface area contributed by atoms with E-state index in [0.717, 1.165) is 44.1 Å². The maximum Gasteiger partial charge on any atom is 0.123 e. The summed E-state index contributed by atoms with van der Waals surface area (Å²) in [4.78, 5) is 0. The molecule has 0 aromatic heterocycles. The van der Waals surface area contributed by atoms with E-state index in [1.165, 1.54) is 5.57 Å². The van der Waals surface area contributed by atoms with Crippen LogP contribution in [0.1, 0.15) is 76.8 Å². The number of phenolic OH excluding ortho intramolecular Hbond substituents is 2. The maximum absolute atomic E-state index is 10.6. The second kappa shape index (κ2) is 8.72. The molecule has 2 rings (SSSR count). The molecule has 0 radical (unpaired) electrons. The first kappa shape index (κ1) is 21.5. The molecule has 1 aromatic rings. The van der Waals surface area contributed by atoms with Crippen molar-refractivity contribution >= 4 is 0 Å². The van der Waals surface area contributed by atoms with Gasteiger partial charge in [-0.25, -0.2) is 0 Å². The number of aliphatic hydroxyl groups is 1. The Labute approximate surface area is 151 Å². The SMILES string of the molecule is CCCCCc1cc(O)c([C@@H]2C=C(C)CC[C@@H]2C(C)(C)O)c(O)c1.O. The lowest BCUT2D eigenvalue weighted by Crippen LogP contribution is -2.36. The Hall–Kier alpha value is -1.52. The molecule has 142 valence electrons. The van der Waals surface area contributed by atoms with E-state index >= 15 is 0 Å². The highest BCUT2D eigenvalue weighted by atomic mass is 16.3. The molecule has 1 aromatic carbocycles. The number of hydrogen-bond acceptors (Lipinski definition) is 3. The Morgan fingerprint density at radius 1 is 1.12 bits per heavy atom. The van der Waals surface area contributed by atoms with Crippen molar-refractivity contribution in [2.75, 3.05) is 0 Å². The van der Waals surface area contributed by atoms with Gasteiger partial charge in [-0.1, -0.05) is 31.4 Å². The van der Waals surface area contributed by atoms with Crippen molar-refractivity contribution in [1.29, 1.82) is 0 Å². The molecular formula is C21H34O4. The van der Waals surface area contributed by atoms with Crippen molar-refractivity contribution in [1.82, 2.24) is 0 Å². The van der Waals surface area contributed by atoms with Gasteiger partial charge < -0.3 is 20.8 Å². The molecule has 0 aliphatic heterocycles. The largest absolute Gasteiger partial charge is 0.507 e. The number of aryl methyl sites for hydroxylation is 1. The molecule has 4 nitrogen and oxygen atoms in total. The van der Waals surface area contributed by atoms with Gasteiger partial charge in [0, 0.05) is 11.5 Å². The van der Waals surface area contributed by atoms with Crippen molar-refractivity contribution < 1.29 is 20.8 Å². The minimum absolute atomic E-state index is 0. The van der Waals surface area contributed by atoms with Crippen LogP contribution in [0.25, 0.3) is 0 Å². The zero-order chi connectivity index (χ0) is 17.9. The Kier molecular flexibility index (Phi) is 7.51. The predicted octanol–water partition coefficient (Wildman–Crippen LogP) is 4.22. The van der Waals surface area contributed by atoms with Gasteiger partial charge in [0.05, 0.1) is 5.60 Å². The van der Waals surface area contributed by atoms with Crippen molar-refractivity contribution in [3.05, 3.63) is 34.9 Å². The van der Waals surface area contributed by atoms with E-state index in [4.69, 9.17) is 0 Å². The molecule has 2 atom stereocenters. The third-order valence-corrected chi connectivity index (χ3v) is 5.25. The lowest BCUT2D eigenvalue weighted by Gasteiger charge is -2.38. The number of phenols is 2. The molecule has 4 heteroatoms. The average molecular weight is 350 g/mol. The van der Waals surface area contributed by atoms with Crippen LogP contribution >= 0.6 is 0 Å². The van der Waals surface area contributed by atoms with E-state index < -0.39 is 5.60 Å². The van der Waals surface area contributed by atoms with Gasteiger partial charge in [0.25, 0.3) is 0 Å². The molecule has 0 saturated carbocycles. The third-order valence-electron chi connectivity index (χ3n) is 5.25. The molecule has 0 heterocycles. The molecule has 0 saturated heterocycles. The van der Waals surface area contributed by atoms with E-state index in [2.05, 4.69) is 19.9 Å². The maximum atomic E-state index is 10.6. The van der Waals surface area contributed by atoms with E-state index in [-0.39, 0.29) is 28.8 Å². The summed E-state index contributed by atoms with van der Waals surface area (Å²) in [7, 11) is 0. The standard InChI is InChI=1S/C21H32O3.H2O/c1-5-6-7-8-15-12-18(22)20(19(23)13-15)16-11-14(2)9-10-17(16)21(3,4)24;/h11-13,16-17,22-24H,5-10H2,1-4H3;1H2/t16-,17+;/m1./s1. The van der Waals surface area contributed by atoms with Crippen LogP contribution in [-0.4, -0.2) is 26.4 Å². The summed E-state index contributed by atoms with van der Waals surface area (Å²) in [6.07, 6.45) is 8.12. The minimum atomic E-state index is -0.861. The van der Waals surface area contributed by atoms with Gasteiger partial charge in [0.15, 0.2) is 0 Å². The van der Waals surface area contributed by atoms with Crippen LogP contribution in [0, 0.1) is 5.92 Å². The Morgan fingerprint density at radius 3 is 2.24 bits per heavy atom. The molecule has 0 spiro atoms. The molecule has 0 fully saturated rings. The van der Waals surface area contributed by atoms with Crippen LogP contribution in [0.3, 0.4) is 0 Å². The normalized spacial score (nSPS) is 20.8. The number of aromatic hydroxyl groups is 2. The van der Waals surface area contributed by atoms with Gasteiger partial charge in [-0.3, -0.25) is 0 Å². The van der Waals surface area contributed by atoms with Crippen LogP contribution in [0.5, 0.6) is 11.5 Å². The lowest BCUT2D eigenvalue weighted by atomic mass is 9.69. The van der Waals surface area contributed by atoms with Gasteiger partial charge in [-0.2, -0.15) is 0 Å². The van der Waals surface area contributed by atoms with Crippen LogP contribution in [0.15, 0.2) is 23.8 Å². The summed E-state index contributed by atoms with van der Waals surface area (Å²) < 4.78 is 0. The molecule has 1 aliphatic carbocycles. The predicted molar refractivity (Wildman–Crippen MR) is 102 cm³/mol. The first-order valence-corrected chi connectivity index (χ1v) is 9.18. The molecule has 5 N–H and O–H groups in total. The fraction of sp³-hybridized carbons (Fsp3) is 0.619. The number of rotatable bonds is 6. The number of unbranched alkanes of at least 4 members (excludes halogenated alkanes) is 2. The van der Waals surface area contributed by atoms with Gasteiger partial charge in [-0.05, 0) is 70.1 Å². The Balaban J connectivity index is 0.00000312.